The van der Waals surface area contributed by atoms with Crippen molar-refractivity contribution in [2.45, 2.75) is 26.4 Å². The van der Waals surface area contributed by atoms with Gasteiger partial charge in [-0.15, -0.1) is 0 Å². The van der Waals surface area contributed by atoms with Crippen LogP contribution < -0.4 is 10.3 Å². The topological polar surface area (TPSA) is 77.6 Å². The van der Waals surface area contributed by atoms with Gasteiger partial charge in [-0.25, -0.2) is 4.98 Å². The van der Waals surface area contributed by atoms with Crippen LogP contribution in [0.5, 0.6) is 5.75 Å². The van der Waals surface area contributed by atoms with Crippen molar-refractivity contribution in [1.82, 2.24) is 14.5 Å². The first kappa shape index (κ1) is 24.1. The van der Waals surface area contributed by atoms with Crippen molar-refractivity contribution < 1.29 is 13.9 Å². The van der Waals surface area contributed by atoms with Gasteiger partial charge in [0.25, 0.3) is 11.5 Å². The minimum Gasteiger partial charge on any atom is -0.494 e. The predicted molar refractivity (Wildman–Crippen MR) is 142 cm³/mol. The van der Waals surface area contributed by atoms with Gasteiger partial charge in [-0.2, -0.15) is 0 Å². The molecule has 0 radical (unpaired) electrons. The number of hydrogen-bond donors (Lipinski definition) is 0. The van der Waals surface area contributed by atoms with Gasteiger partial charge >= 0.3 is 0 Å². The van der Waals surface area contributed by atoms with E-state index in [1.54, 1.807) is 40.0 Å². The number of hydrogen-bond acceptors (Lipinski definition) is 5. The maximum atomic E-state index is 13.8. The third-order valence-electron chi connectivity index (χ3n) is 6.24. The van der Waals surface area contributed by atoms with Gasteiger partial charge < -0.3 is 14.1 Å². The Morgan fingerprint density at radius 1 is 0.973 bits per heavy atom. The maximum Gasteiger partial charge on any atom is 0.266 e. The van der Waals surface area contributed by atoms with E-state index >= 15 is 0 Å². The van der Waals surface area contributed by atoms with E-state index in [9.17, 15) is 9.59 Å². The summed E-state index contributed by atoms with van der Waals surface area (Å²) >= 11 is 0. The maximum absolute atomic E-state index is 13.8. The molecule has 1 atom stereocenters. The largest absolute Gasteiger partial charge is 0.494 e. The Morgan fingerprint density at radius 2 is 1.70 bits per heavy atom. The SMILES string of the molecule is CCOc1ccc(-n2c(C(C)N(Cc3ccco3)C(=O)c3ccccc3)nc3ccccc3c2=O)cc1. The normalized spacial score (nSPS) is 11.8. The average molecular weight is 494 g/mol. The fraction of sp³-hybridized carbons (Fsp3) is 0.167. The van der Waals surface area contributed by atoms with Crippen LogP contribution >= 0.6 is 0 Å². The molecule has 2 heterocycles. The molecule has 1 unspecified atom stereocenters. The Morgan fingerprint density at radius 3 is 2.41 bits per heavy atom. The van der Waals surface area contributed by atoms with Crippen molar-refractivity contribution >= 4 is 16.8 Å². The van der Waals surface area contributed by atoms with Crippen molar-refractivity contribution in [2.75, 3.05) is 6.61 Å². The number of ether oxygens (including phenoxy) is 1. The number of fused-ring (bicyclic) bond motifs is 1. The van der Waals surface area contributed by atoms with E-state index in [1.165, 1.54) is 0 Å². The molecule has 5 aromatic rings. The van der Waals surface area contributed by atoms with E-state index in [0.29, 0.717) is 46.1 Å². The fourth-order valence-corrected chi connectivity index (χ4v) is 4.38. The highest BCUT2D eigenvalue weighted by Gasteiger charge is 2.28. The molecule has 0 saturated carbocycles. The van der Waals surface area contributed by atoms with E-state index in [1.807, 2.05) is 80.6 Å². The van der Waals surface area contributed by atoms with Gasteiger partial charge in [0.15, 0.2) is 0 Å². The second kappa shape index (κ2) is 10.5. The molecule has 3 aromatic carbocycles. The molecule has 0 bridgehead atoms. The van der Waals surface area contributed by atoms with Crippen molar-refractivity contribution in [1.29, 1.82) is 0 Å². The summed E-state index contributed by atoms with van der Waals surface area (Å²) in [7, 11) is 0. The van der Waals surface area contributed by atoms with Crippen LogP contribution in [0.3, 0.4) is 0 Å². The molecule has 0 fully saturated rings. The van der Waals surface area contributed by atoms with Crippen LogP contribution in [0.1, 0.15) is 41.8 Å². The fourth-order valence-electron chi connectivity index (χ4n) is 4.38. The summed E-state index contributed by atoms with van der Waals surface area (Å²) in [6.45, 7) is 4.56. The molecule has 0 N–H and O–H groups in total. The number of aromatic nitrogens is 2. The molecule has 0 aliphatic rings. The van der Waals surface area contributed by atoms with Crippen LogP contribution in [0.15, 0.2) is 106 Å². The smallest absolute Gasteiger partial charge is 0.266 e. The molecular weight excluding hydrogens is 466 g/mol. The monoisotopic (exact) mass is 493 g/mol. The summed E-state index contributed by atoms with van der Waals surface area (Å²) in [5, 5.41) is 0.499. The lowest BCUT2D eigenvalue weighted by Crippen LogP contribution is -2.37. The van der Waals surface area contributed by atoms with Crippen molar-refractivity contribution in [3.63, 3.8) is 0 Å². The van der Waals surface area contributed by atoms with Crippen LogP contribution in [0.2, 0.25) is 0 Å². The lowest BCUT2D eigenvalue weighted by molar-refractivity contribution is 0.0648. The summed E-state index contributed by atoms with van der Waals surface area (Å²) in [6.07, 6.45) is 1.58. The summed E-state index contributed by atoms with van der Waals surface area (Å²) in [5.74, 6) is 1.60. The van der Waals surface area contributed by atoms with Crippen LogP contribution in [0.4, 0.5) is 0 Å². The first-order valence-corrected chi connectivity index (χ1v) is 12.2. The van der Waals surface area contributed by atoms with Gasteiger partial charge in [0.05, 0.1) is 42.0 Å². The average Bonchev–Trinajstić information content (AvgIpc) is 3.46. The molecule has 37 heavy (non-hydrogen) atoms. The second-order valence-electron chi connectivity index (χ2n) is 8.61. The number of para-hydroxylation sites is 1. The third-order valence-corrected chi connectivity index (χ3v) is 6.24. The molecule has 5 rings (SSSR count). The van der Waals surface area contributed by atoms with Crippen LogP contribution in [-0.2, 0) is 6.54 Å². The highest BCUT2D eigenvalue weighted by Crippen LogP contribution is 2.27. The van der Waals surface area contributed by atoms with E-state index in [0.717, 1.165) is 0 Å². The minimum atomic E-state index is -0.568. The summed E-state index contributed by atoms with van der Waals surface area (Å²) in [4.78, 5) is 34.1. The number of amides is 1. The first-order chi connectivity index (χ1) is 18.1. The lowest BCUT2D eigenvalue weighted by atomic mass is 10.1. The van der Waals surface area contributed by atoms with E-state index < -0.39 is 6.04 Å². The van der Waals surface area contributed by atoms with Gasteiger partial charge in [0.1, 0.15) is 17.3 Å². The number of carbonyl (C=O) groups is 1. The van der Waals surface area contributed by atoms with Gasteiger partial charge in [-0.05, 0) is 74.5 Å². The van der Waals surface area contributed by atoms with Gasteiger partial charge in [0, 0.05) is 5.56 Å². The van der Waals surface area contributed by atoms with Crippen molar-refractivity contribution in [3.05, 3.63) is 125 Å². The minimum absolute atomic E-state index is 0.190. The second-order valence-corrected chi connectivity index (χ2v) is 8.61. The quantitative estimate of drug-likeness (QED) is 0.274. The Kier molecular flexibility index (Phi) is 6.85. The van der Waals surface area contributed by atoms with Crippen LogP contribution in [0.25, 0.3) is 16.6 Å². The van der Waals surface area contributed by atoms with Gasteiger partial charge in [-0.3, -0.25) is 14.2 Å². The van der Waals surface area contributed by atoms with Crippen LogP contribution in [-0.4, -0.2) is 27.0 Å². The zero-order chi connectivity index (χ0) is 25.8. The number of carbonyl (C=O) groups excluding carboxylic acids is 1. The van der Waals surface area contributed by atoms with Gasteiger partial charge in [0.2, 0.25) is 0 Å². The zero-order valence-corrected chi connectivity index (χ0v) is 20.7. The van der Waals surface area contributed by atoms with E-state index in [-0.39, 0.29) is 18.0 Å². The van der Waals surface area contributed by atoms with E-state index in [4.69, 9.17) is 14.1 Å². The Hall–Kier alpha value is -4.65. The molecule has 0 aliphatic carbocycles. The molecule has 2 aromatic heterocycles. The molecule has 0 saturated heterocycles. The lowest BCUT2D eigenvalue weighted by Gasteiger charge is -2.30. The molecule has 0 spiro atoms. The standard InChI is InChI=1S/C30H27N3O4/c1-3-36-24-17-15-23(16-18-24)33-28(31-27-14-8-7-13-26(27)30(33)35)21(2)32(20-25-12-9-19-37-25)29(34)22-10-5-4-6-11-22/h4-19,21H,3,20H2,1-2H3. The number of rotatable bonds is 8. The highest BCUT2D eigenvalue weighted by atomic mass is 16.5. The third kappa shape index (κ3) is 4.89. The number of benzene rings is 3. The van der Waals surface area contributed by atoms with Gasteiger partial charge in [-0.1, -0.05) is 30.3 Å². The molecule has 7 nitrogen and oxygen atoms in total. The van der Waals surface area contributed by atoms with Crippen molar-refractivity contribution in [3.8, 4) is 11.4 Å². The molecule has 7 heteroatoms. The number of nitrogens with zero attached hydrogens (tertiary/aromatic N) is 3. The number of furan rings is 1. The summed E-state index contributed by atoms with van der Waals surface area (Å²) in [6, 6.07) is 26.7. The van der Waals surface area contributed by atoms with Crippen molar-refractivity contribution in [2.24, 2.45) is 0 Å². The van der Waals surface area contributed by atoms with Crippen LogP contribution in [0, 0.1) is 0 Å². The predicted octanol–water partition coefficient (Wildman–Crippen LogP) is 5.78. The molecule has 1 amide bonds. The first-order valence-electron chi connectivity index (χ1n) is 12.2. The summed E-state index contributed by atoms with van der Waals surface area (Å²) in [5.41, 5.74) is 1.54. The molecule has 186 valence electrons. The summed E-state index contributed by atoms with van der Waals surface area (Å²) < 4.78 is 12.7. The van der Waals surface area contributed by atoms with E-state index in [2.05, 4.69) is 0 Å². The zero-order valence-electron chi connectivity index (χ0n) is 20.7. The Labute approximate surface area is 214 Å². The highest BCUT2D eigenvalue weighted by molar-refractivity contribution is 5.94. The Bertz CT molecular complexity index is 1560. The molecule has 0 aliphatic heterocycles. The Balaban J connectivity index is 1.67. The molecular formula is C30H27N3O4.